The van der Waals surface area contributed by atoms with Gasteiger partial charge in [0.05, 0.1) is 19.3 Å². The monoisotopic (exact) mass is 255 g/mol. The Balaban J connectivity index is 2.34. The van der Waals surface area contributed by atoms with E-state index in [4.69, 9.17) is 5.11 Å². The van der Waals surface area contributed by atoms with Gasteiger partial charge in [0.2, 0.25) is 11.8 Å². The summed E-state index contributed by atoms with van der Waals surface area (Å²) in [4.78, 5) is 32.2. The zero-order chi connectivity index (χ0) is 13.5. The normalized spacial score (nSPS) is 9.83. The van der Waals surface area contributed by atoms with Gasteiger partial charge in [-0.1, -0.05) is 5.21 Å². The van der Waals surface area contributed by atoms with E-state index in [1.165, 1.54) is 13.1 Å². The molecule has 0 spiro atoms. The maximum absolute atomic E-state index is 11.2. The highest BCUT2D eigenvalue weighted by atomic mass is 16.4. The summed E-state index contributed by atoms with van der Waals surface area (Å²) in [5.41, 5.74) is 0.437. The molecule has 0 saturated carbocycles. The van der Waals surface area contributed by atoms with Crippen molar-refractivity contribution < 1.29 is 19.5 Å². The molecule has 0 bridgehead atoms. The Labute approximate surface area is 102 Å². The number of rotatable bonds is 6. The molecule has 98 valence electrons. The predicted octanol–water partition coefficient (Wildman–Crippen LogP) is -1.88. The second-order valence-corrected chi connectivity index (χ2v) is 3.49. The Morgan fingerprint density at radius 3 is 2.72 bits per heavy atom. The van der Waals surface area contributed by atoms with E-state index < -0.39 is 5.97 Å². The van der Waals surface area contributed by atoms with Gasteiger partial charge in [-0.15, -0.1) is 5.10 Å². The molecule has 18 heavy (non-hydrogen) atoms. The minimum absolute atomic E-state index is 0.113. The van der Waals surface area contributed by atoms with Gasteiger partial charge in [-0.05, 0) is 0 Å². The number of hydrogen-bond acceptors (Lipinski definition) is 5. The van der Waals surface area contributed by atoms with E-state index in [1.54, 1.807) is 0 Å². The van der Waals surface area contributed by atoms with Gasteiger partial charge < -0.3 is 15.7 Å². The Bertz CT molecular complexity index is 456. The van der Waals surface area contributed by atoms with Crippen LogP contribution in [0.15, 0.2) is 6.20 Å². The van der Waals surface area contributed by atoms with Gasteiger partial charge in [0.15, 0.2) is 0 Å². The lowest BCUT2D eigenvalue weighted by Crippen LogP contribution is -2.35. The molecule has 0 aliphatic carbocycles. The summed E-state index contributed by atoms with van der Waals surface area (Å²) in [5, 5.41) is 20.6. The molecule has 0 aromatic carbocycles. The number of carboxylic acids is 1. The number of carboxylic acid groups (broad SMARTS) is 1. The largest absolute Gasteiger partial charge is 0.480 e. The number of nitrogens with zero attached hydrogens (tertiary/aromatic N) is 3. The van der Waals surface area contributed by atoms with Crippen molar-refractivity contribution in [3.05, 3.63) is 11.9 Å². The molecule has 0 atom stereocenters. The summed E-state index contributed by atoms with van der Waals surface area (Å²) >= 11 is 0. The first-order valence-electron chi connectivity index (χ1n) is 5.09. The van der Waals surface area contributed by atoms with Crippen molar-refractivity contribution in [3.63, 3.8) is 0 Å². The quantitative estimate of drug-likeness (QED) is 0.546. The van der Waals surface area contributed by atoms with Crippen LogP contribution in [-0.2, 0) is 27.5 Å². The minimum atomic E-state index is -1.03. The van der Waals surface area contributed by atoms with Crippen LogP contribution in [0.3, 0.4) is 0 Å². The van der Waals surface area contributed by atoms with Crippen LogP contribution in [0, 0.1) is 0 Å². The van der Waals surface area contributed by atoms with E-state index in [9.17, 15) is 14.4 Å². The molecule has 0 radical (unpaired) electrons. The van der Waals surface area contributed by atoms with Crippen LogP contribution in [0.1, 0.15) is 12.6 Å². The molecule has 1 heterocycles. The SMILES string of the molecule is CC(=O)NCC(=O)NCc1cn(CC(=O)O)nn1. The maximum Gasteiger partial charge on any atom is 0.325 e. The second-order valence-electron chi connectivity index (χ2n) is 3.49. The molecule has 3 N–H and O–H groups in total. The standard InChI is InChI=1S/C9H13N5O4/c1-6(15)10-3-8(16)11-2-7-4-14(13-12-7)5-9(17)18/h4H,2-3,5H2,1H3,(H,10,15)(H,11,16)(H,17,18). The van der Waals surface area contributed by atoms with Crippen LogP contribution < -0.4 is 10.6 Å². The van der Waals surface area contributed by atoms with Crippen molar-refractivity contribution in [2.24, 2.45) is 0 Å². The number of carbonyl (C=O) groups is 3. The number of aliphatic carboxylic acids is 1. The molecule has 1 rings (SSSR count). The van der Waals surface area contributed by atoms with Gasteiger partial charge in [0.25, 0.3) is 0 Å². The van der Waals surface area contributed by atoms with Gasteiger partial charge in [0.1, 0.15) is 12.2 Å². The molecule has 1 aromatic heterocycles. The van der Waals surface area contributed by atoms with Crippen LogP contribution in [-0.4, -0.2) is 44.4 Å². The summed E-state index contributed by atoms with van der Waals surface area (Å²) in [6.07, 6.45) is 1.42. The van der Waals surface area contributed by atoms with Gasteiger partial charge in [-0.3, -0.25) is 14.4 Å². The smallest absolute Gasteiger partial charge is 0.325 e. The Morgan fingerprint density at radius 1 is 1.39 bits per heavy atom. The molecule has 0 saturated heterocycles. The van der Waals surface area contributed by atoms with E-state index >= 15 is 0 Å². The lowest BCUT2D eigenvalue weighted by Gasteiger charge is -2.02. The third-order valence-corrected chi connectivity index (χ3v) is 1.85. The first-order chi connectivity index (χ1) is 8.47. The van der Waals surface area contributed by atoms with E-state index in [0.717, 1.165) is 4.68 Å². The van der Waals surface area contributed by atoms with Crippen LogP contribution in [0.25, 0.3) is 0 Å². The highest BCUT2D eigenvalue weighted by Gasteiger charge is 2.06. The molecule has 0 fully saturated rings. The summed E-state index contributed by atoms with van der Waals surface area (Å²) in [6, 6.07) is 0. The molecule has 0 unspecified atom stereocenters. The molecular weight excluding hydrogens is 242 g/mol. The van der Waals surface area contributed by atoms with Gasteiger partial charge in [0, 0.05) is 6.92 Å². The zero-order valence-electron chi connectivity index (χ0n) is 9.71. The average molecular weight is 255 g/mol. The fourth-order valence-electron chi connectivity index (χ4n) is 1.09. The van der Waals surface area contributed by atoms with Crippen LogP contribution >= 0.6 is 0 Å². The van der Waals surface area contributed by atoms with E-state index in [-0.39, 0.29) is 31.4 Å². The van der Waals surface area contributed by atoms with E-state index in [0.29, 0.717) is 5.69 Å². The summed E-state index contributed by atoms with van der Waals surface area (Å²) < 4.78 is 1.15. The third kappa shape index (κ3) is 5.05. The van der Waals surface area contributed by atoms with Crippen molar-refractivity contribution in [3.8, 4) is 0 Å². The molecule has 2 amide bonds. The van der Waals surface area contributed by atoms with E-state index in [2.05, 4.69) is 20.9 Å². The maximum atomic E-state index is 11.2. The number of amides is 2. The van der Waals surface area contributed by atoms with Gasteiger partial charge in [-0.25, -0.2) is 4.68 Å². The molecular formula is C9H13N5O4. The molecule has 0 aliphatic heterocycles. The second kappa shape index (κ2) is 6.33. The van der Waals surface area contributed by atoms with Gasteiger partial charge >= 0.3 is 5.97 Å². The molecule has 1 aromatic rings. The van der Waals surface area contributed by atoms with E-state index in [1.807, 2.05) is 0 Å². The van der Waals surface area contributed by atoms with Crippen molar-refractivity contribution in [1.82, 2.24) is 25.6 Å². The fourth-order valence-corrected chi connectivity index (χ4v) is 1.09. The topological polar surface area (TPSA) is 126 Å². The molecule has 0 aliphatic rings. The Morgan fingerprint density at radius 2 is 2.11 bits per heavy atom. The van der Waals surface area contributed by atoms with Crippen molar-refractivity contribution in [2.45, 2.75) is 20.0 Å². The fraction of sp³-hybridized carbons (Fsp3) is 0.444. The lowest BCUT2D eigenvalue weighted by atomic mass is 10.4. The Kier molecular flexibility index (Phi) is 4.78. The summed E-state index contributed by atoms with van der Waals surface area (Å²) in [5.74, 6) is -1.68. The summed E-state index contributed by atoms with van der Waals surface area (Å²) in [6.45, 7) is 1.04. The van der Waals surface area contributed by atoms with Crippen molar-refractivity contribution in [2.75, 3.05) is 6.54 Å². The third-order valence-electron chi connectivity index (χ3n) is 1.85. The summed E-state index contributed by atoms with van der Waals surface area (Å²) in [7, 11) is 0. The highest BCUT2D eigenvalue weighted by molar-refractivity contribution is 5.83. The number of carbonyl (C=O) groups excluding carboxylic acids is 2. The lowest BCUT2D eigenvalue weighted by molar-refractivity contribution is -0.138. The van der Waals surface area contributed by atoms with Crippen LogP contribution in [0.5, 0.6) is 0 Å². The minimum Gasteiger partial charge on any atom is -0.480 e. The van der Waals surface area contributed by atoms with Gasteiger partial charge in [-0.2, -0.15) is 0 Å². The Hall–Kier alpha value is -2.45. The van der Waals surface area contributed by atoms with Crippen molar-refractivity contribution in [1.29, 1.82) is 0 Å². The van der Waals surface area contributed by atoms with Crippen LogP contribution in [0.2, 0.25) is 0 Å². The number of aromatic nitrogens is 3. The zero-order valence-corrected chi connectivity index (χ0v) is 9.71. The number of hydrogen-bond donors (Lipinski definition) is 3. The highest BCUT2D eigenvalue weighted by Crippen LogP contribution is 1.92. The molecule has 9 heteroatoms. The van der Waals surface area contributed by atoms with Crippen molar-refractivity contribution >= 4 is 17.8 Å². The average Bonchev–Trinajstić information content (AvgIpc) is 2.70. The first kappa shape index (κ1) is 13.6. The van der Waals surface area contributed by atoms with Crippen LogP contribution in [0.4, 0.5) is 0 Å². The molecule has 9 nitrogen and oxygen atoms in total. The first-order valence-corrected chi connectivity index (χ1v) is 5.09. The predicted molar refractivity (Wildman–Crippen MR) is 58.2 cm³/mol. The number of nitrogens with one attached hydrogen (secondary N) is 2.